The highest BCUT2D eigenvalue weighted by atomic mass is 16.5. The fourth-order valence-electron chi connectivity index (χ4n) is 3.48. The van der Waals surface area contributed by atoms with E-state index in [0.29, 0.717) is 25.7 Å². The van der Waals surface area contributed by atoms with E-state index in [0.717, 1.165) is 18.2 Å². The first-order valence-electron chi connectivity index (χ1n) is 14.8. The first-order valence-corrected chi connectivity index (χ1v) is 14.8. The number of aliphatic hydroxyl groups excluding tert-OH is 3. The molecule has 45 heavy (non-hydrogen) atoms. The van der Waals surface area contributed by atoms with Crippen LogP contribution in [-0.4, -0.2) is 131 Å². The minimum Gasteiger partial charge on any atom is -0.394 e. The van der Waals surface area contributed by atoms with Gasteiger partial charge in [-0.2, -0.15) is 0 Å². The zero-order valence-electron chi connectivity index (χ0n) is 26.4. The first-order chi connectivity index (χ1) is 21.7. The molecule has 0 rings (SSSR count). The van der Waals surface area contributed by atoms with Crippen molar-refractivity contribution in [1.82, 2.24) is 16.0 Å². The van der Waals surface area contributed by atoms with Crippen molar-refractivity contribution in [3.63, 3.8) is 0 Å². The lowest BCUT2D eigenvalue weighted by molar-refractivity contribution is -0.120. The van der Waals surface area contributed by atoms with Gasteiger partial charge in [0, 0.05) is 25.2 Å². The molecule has 6 N–H and O–H groups in total. The van der Waals surface area contributed by atoms with Crippen molar-refractivity contribution in [2.45, 2.75) is 50.9 Å². The normalized spacial score (nSPS) is 14.4. The Labute approximate surface area is 265 Å². The van der Waals surface area contributed by atoms with Crippen LogP contribution in [0.15, 0.2) is 38.0 Å². The molecule has 0 fully saturated rings. The lowest BCUT2D eigenvalue weighted by Crippen LogP contribution is -2.38. The number of hydrogen-bond donors (Lipinski definition) is 6. The first kappa shape index (κ1) is 42.3. The monoisotopic (exact) mass is 647 g/mol. The minimum atomic E-state index is -0.799. The summed E-state index contributed by atoms with van der Waals surface area (Å²) in [6, 6.07) is 0. The Morgan fingerprint density at radius 2 is 1.09 bits per heavy atom. The van der Waals surface area contributed by atoms with Gasteiger partial charge < -0.3 is 59.7 Å². The molecule has 0 aromatic heterocycles. The summed E-state index contributed by atoms with van der Waals surface area (Å²) in [6.45, 7) is 12.9. The van der Waals surface area contributed by atoms with Crippen LogP contribution < -0.4 is 16.0 Å². The Morgan fingerprint density at radius 3 is 1.47 bits per heavy atom. The molecule has 0 spiro atoms. The van der Waals surface area contributed by atoms with E-state index in [2.05, 4.69) is 35.7 Å². The second-order valence-corrected chi connectivity index (χ2v) is 10.0. The summed E-state index contributed by atoms with van der Waals surface area (Å²) < 4.78 is 34.0. The molecule has 0 aliphatic rings. The number of carbonyl (C=O) groups excluding carboxylic acids is 3. The third-order valence-corrected chi connectivity index (χ3v) is 6.49. The van der Waals surface area contributed by atoms with Gasteiger partial charge in [0.15, 0.2) is 0 Å². The van der Waals surface area contributed by atoms with Gasteiger partial charge in [0.05, 0.1) is 58.0 Å². The average molecular weight is 648 g/mol. The van der Waals surface area contributed by atoms with Gasteiger partial charge in [0.1, 0.15) is 20.2 Å². The van der Waals surface area contributed by atoms with Crippen molar-refractivity contribution in [1.29, 1.82) is 0 Å². The highest BCUT2D eigenvalue weighted by Gasteiger charge is 2.30. The van der Waals surface area contributed by atoms with Crippen LogP contribution >= 0.6 is 0 Å². The molecule has 3 amide bonds. The molecule has 0 saturated carbocycles. The Bertz CT molecular complexity index is 803. The van der Waals surface area contributed by atoms with Crippen molar-refractivity contribution >= 4 is 17.7 Å². The molecule has 0 bridgehead atoms. The molecule has 0 aliphatic carbocycles. The largest absolute Gasteiger partial charge is 0.394 e. The van der Waals surface area contributed by atoms with Crippen LogP contribution in [0, 0.1) is 5.41 Å². The SMILES string of the molecule is C=CC(=O)NCOCC(O)CCOCC(CC)(COCCC(CO)OCNC(=O)C=C)COCCC(CO)OCNC(=O)C=C. The van der Waals surface area contributed by atoms with Gasteiger partial charge in [-0.05, 0) is 43.9 Å². The molecule has 0 aromatic rings. The van der Waals surface area contributed by atoms with E-state index < -0.39 is 23.7 Å². The number of amides is 3. The number of ether oxygens (including phenoxy) is 6. The smallest absolute Gasteiger partial charge is 0.245 e. The van der Waals surface area contributed by atoms with Crippen LogP contribution in [0.1, 0.15) is 32.6 Å². The van der Waals surface area contributed by atoms with E-state index in [1.54, 1.807) is 0 Å². The van der Waals surface area contributed by atoms with Crippen molar-refractivity contribution < 1.29 is 58.1 Å². The van der Waals surface area contributed by atoms with Crippen LogP contribution in [-0.2, 0) is 42.8 Å². The predicted molar refractivity (Wildman–Crippen MR) is 165 cm³/mol. The van der Waals surface area contributed by atoms with E-state index >= 15 is 0 Å². The molecule has 0 aromatic carbocycles. The molecular weight excluding hydrogens is 594 g/mol. The molecule has 260 valence electrons. The van der Waals surface area contributed by atoms with Gasteiger partial charge in [-0.1, -0.05) is 26.7 Å². The summed E-state index contributed by atoms with van der Waals surface area (Å²) >= 11 is 0. The maximum Gasteiger partial charge on any atom is 0.245 e. The molecule has 15 nitrogen and oxygen atoms in total. The molecule has 0 aliphatic heterocycles. The van der Waals surface area contributed by atoms with Crippen molar-refractivity contribution in [2.24, 2.45) is 5.41 Å². The Hall–Kier alpha value is -2.73. The zero-order chi connectivity index (χ0) is 33.8. The number of nitrogens with one attached hydrogen (secondary N) is 3. The van der Waals surface area contributed by atoms with Gasteiger partial charge in [0.25, 0.3) is 0 Å². The third-order valence-electron chi connectivity index (χ3n) is 6.49. The summed E-state index contributed by atoms with van der Waals surface area (Å²) in [6.07, 6.45) is 3.16. The van der Waals surface area contributed by atoms with Crippen molar-refractivity contribution in [3.8, 4) is 0 Å². The summed E-state index contributed by atoms with van der Waals surface area (Å²) in [4.78, 5) is 33.7. The van der Waals surface area contributed by atoms with E-state index in [1.165, 1.54) is 0 Å². The van der Waals surface area contributed by atoms with Crippen molar-refractivity contribution in [3.05, 3.63) is 38.0 Å². The van der Waals surface area contributed by atoms with E-state index in [4.69, 9.17) is 28.4 Å². The Morgan fingerprint density at radius 1 is 0.689 bits per heavy atom. The van der Waals surface area contributed by atoms with Crippen LogP contribution in [0.5, 0.6) is 0 Å². The molecule has 3 unspecified atom stereocenters. The highest BCUT2D eigenvalue weighted by Crippen LogP contribution is 2.25. The van der Waals surface area contributed by atoms with Gasteiger partial charge >= 0.3 is 0 Å². The topological polar surface area (TPSA) is 203 Å². The maximum absolute atomic E-state index is 11.3. The van der Waals surface area contributed by atoms with Gasteiger partial charge in [-0.15, -0.1) is 0 Å². The fourth-order valence-corrected chi connectivity index (χ4v) is 3.48. The van der Waals surface area contributed by atoms with Crippen LogP contribution in [0.2, 0.25) is 0 Å². The van der Waals surface area contributed by atoms with Gasteiger partial charge in [-0.25, -0.2) is 0 Å². The van der Waals surface area contributed by atoms with Crippen LogP contribution in [0.4, 0.5) is 0 Å². The number of rotatable bonds is 31. The lowest BCUT2D eigenvalue weighted by atomic mass is 9.88. The molecule has 15 heteroatoms. The molecule has 0 radical (unpaired) electrons. The van der Waals surface area contributed by atoms with Crippen LogP contribution in [0.3, 0.4) is 0 Å². The number of carbonyl (C=O) groups is 3. The van der Waals surface area contributed by atoms with Crippen molar-refractivity contribution in [2.75, 3.05) is 79.7 Å². The lowest BCUT2D eigenvalue weighted by Gasteiger charge is -2.32. The highest BCUT2D eigenvalue weighted by molar-refractivity contribution is 5.87. The minimum absolute atomic E-state index is 0.0165. The Kier molecular flexibility index (Phi) is 25.9. The molecule has 0 saturated heterocycles. The predicted octanol–water partition coefficient (Wildman–Crippen LogP) is -0.485. The summed E-state index contributed by atoms with van der Waals surface area (Å²) in [5, 5.41) is 36.8. The second-order valence-electron chi connectivity index (χ2n) is 10.0. The Balaban J connectivity index is 4.89. The van der Waals surface area contributed by atoms with E-state index in [9.17, 15) is 29.7 Å². The molecule has 3 atom stereocenters. The van der Waals surface area contributed by atoms with Crippen LogP contribution in [0.25, 0.3) is 0 Å². The van der Waals surface area contributed by atoms with E-state index in [-0.39, 0.29) is 97.4 Å². The van der Waals surface area contributed by atoms with Gasteiger partial charge in [0.2, 0.25) is 17.7 Å². The zero-order valence-corrected chi connectivity index (χ0v) is 26.4. The summed E-state index contributed by atoms with van der Waals surface area (Å²) in [5.74, 6) is -1.14. The standard InChI is InChI=1S/C30H53N3O12/c1-5-27(37)31-21-43-17-24(36)9-12-40-18-30(8-4,19-41-13-10-25(15-34)44-22-32-28(38)6-2)20-42-14-11-26(16-35)45-23-33-29(39)7-3/h5-7,24-26,34-36H,1-3,8-23H2,4H3,(H,31,37)(H,32,38)(H,33,39). The fraction of sp³-hybridized carbons (Fsp3) is 0.700. The second kappa shape index (κ2) is 27.6. The number of aliphatic hydroxyl groups is 3. The third kappa shape index (κ3) is 22.4. The molecular formula is C30H53N3O12. The number of hydrogen-bond acceptors (Lipinski definition) is 12. The van der Waals surface area contributed by atoms with E-state index in [1.807, 2.05) is 6.92 Å². The average Bonchev–Trinajstić information content (AvgIpc) is 3.06. The molecule has 0 heterocycles. The summed E-state index contributed by atoms with van der Waals surface area (Å²) in [5.41, 5.74) is -0.558. The maximum atomic E-state index is 11.3. The quantitative estimate of drug-likeness (QED) is 0.0321. The summed E-state index contributed by atoms with van der Waals surface area (Å²) in [7, 11) is 0. The van der Waals surface area contributed by atoms with Gasteiger partial charge in [-0.3, -0.25) is 14.4 Å².